The summed E-state index contributed by atoms with van der Waals surface area (Å²) >= 11 is 0. The summed E-state index contributed by atoms with van der Waals surface area (Å²) in [6, 6.07) is 10.3. The monoisotopic (exact) mass is 273 g/mol. The molecule has 0 N–H and O–H groups in total. The lowest BCUT2D eigenvalue weighted by Gasteiger charge is -2.08. The molecule has 0 saturated heterocycles. The van der Waals surface area contributed by atoms with Crippen molar-refractivity contribution in [1.29, 1.82) is 0 Å². The number of hydrogen-bond acceptors (Lipinski definition) is 2. The standard InChI is InChI=1S/C16H15NO.ClH/c1-18-15-6-2-5-13-7-8-14(16(13)15)10-12-4-3-9-17-11-12;/h2-6,9-11H,7-8H2,1H3;1H/b14-10+;. The van der Waals surface area contributed by atoms with Gasteiger partial charge in [-0.15, -0.1) is 12.4 Å². The van der Waals surface area contributed by atoms with E-state index in [1.807, 2.05) is 18.3 Å². The molecule has 0 aliphatic heterocycles. The highest BCUT2D eigenvalue weighted by Gasteiger charge is 2.19. The third-order valence-corrected chi connectivity index (χ3v) is 3.34. The number of allylic oxidation sites excluding steroid dienone is 1. The summed E-state index contributed by atoms with van der Waals surface area (Å²) in [6.45, 7) is 0. The minimum absolute atomic E-state index is 0. The summed E-state index contributed by atoms with van der Waals surface area (Å²) in [6.07, 6.45) is 8.07. The second kappa shape index (κ2) is 5.89. The van der Waals surface area contributed by atoms with E-state index in [-0.39, 0.29) is 12.4 Å². The highest BCUT2D eigenvalue weighted by molar-refractivity contribution is 5.87. The molecule has 1 aromatic heterocycles. The minimum atomic E-state index is 0. The van der Waals surface area contributed by atoms with Crippen LogP contribution in [-0.4, -0.2) is 12.1 Å². The van der Waals surface area contributed by atoms with Crippen molar-refractivity contribution >= 4 is 24.1 Å². The third kappa shape index (κ3) is 2.64. The maximum absolute atomic E-state index is 5.47. The molecule has 0 radical (unpaired) electrons. The van der Waals surface area contributed by atoms with Gasteiger partial charge in [-0.3, -0.25) is 4.98 Å². The van der Waals surface area contributed by atoms with Crippen molar-refractivity contribution in [2.24, 2.45) is 0 Å². The van der Waals surface area contributed by atoms with Gasteiger partial charge in [0.1, 0.15) is 5.75 Å². The summed E-state index contributed by atoms with van der Waals surface area (Å²) in [5.41, 5.74) is 5.13. The van der Waals surface area contributed by atoms with Crippen LogP contribution < -0.4 is 4.74 Å². The number of ether oxygens (including phenoxy) is 1. The van der Waals surface area contributed by atoms with Crippen molar-refractivity contribution in [2.45, 2.75) is 12.8 Å². The number of fused-ring (bicyclic) bond motifs is 1. The molecule has 1 aromatic carbocycles. The van der Waals surface area contributed by atoms with Crippen LogP contribution in [0, 0.1) is 0 Å². The fourth-order valence-electron chi connectivity index (χ4n) is 2.52. The topological polar surface area (TPSA) is 22.1 Å². The van der Waals surface area contributed by atoms with Crippen molar-refractivity contribution in [2.75, 3.05) is 7.11 Å². The lowest BCUT2D eigenvalue weighted by atomic mass is 10.0. The van der Waals surface area contributed by atoms with Gasteiger partial charge in [-0.2, -0.15) is 0 Å². The Morgan fingerprint density at radius 3 is 2.79 bits per heavy atom. The first-order valence-electron chi connectivity index (χ1n) is 6.15. The first-order valence-corrected chi connectivity index (χ1v) is 6.15. The molecule has 0 bridgehead atoms. The lowest BCUT2D eigenvalue weighted by Crippen LogP contribution is -1.90. The molecular weight excluding hydrogens is 258 g/mol. The molecule has 0 unspecified atom stereocenters. The fraction of sp³-hybridized carbons (Fsp3) is 0.188. The van der Waals surface area contributed by atoms with E-state index in [4.69, 9.17) is 4.74 Å². The summed E-state index contributed by atoms with van der Waals surface area (Å²) in [5.74, 6) is 0.972. The average Bonchev–Trinajstić information content (AvgIpc) is 2.83. The van der Waals surface area contributed by atoms with Crippen molar-refractivity contribution in [3.63, 3.8) is 0 Å². The molecule has 1 heterocycles. The van der Waals surface area contributed by atoms with Gasteiger partial charge in [-0.05, 0) is 47.8 Å². The molecule has 2 nitrogen and oxygen atoms in total. The van der Waals surface area contributed by atoms with E-state index in [1.54, 1.807) is 13.3 Å². The van der Waals surface area contributed by atoms with Gasteiger partial charge in [0.15, 0.2) is 0 Å². The van der Waals surface area contributed by atoms with E-state index in [2.05, 4.69) is 29.3 Å². The zero-order valence-electron chi connectivity index (χ0n) is 10.8. The predicted molar refractivity (Wildman–Crippen MR) is 80.7 cm³/mol. The lowest BCUT2D eigenvalue weighted by molar-refractivity contribution is 0.413. The number of methoxy groups -OCH3 is 1. The van der Waals surface area contributed by atoms with Crippen molar-refractivity contribution in [3.05, 3.63) is 59.4 Å². The van der Waals surface area contributed by atoms with Gasteiger partial charge in [-0.1, -0.05) is 18.2 Å². The van der Waals surface area contributed by atoms with Gasteiger partial charge in [-0.25, -0.2) is 0 Å². The molecule has 98 valence electrons. The molecule has 0 atom stereocenters. The van der Waals surface area contributed by atoms with E-state index in [0.29, 0.717) is 0 Å². The Bertz CT molecular complexity index is 593. The van der Waals surface area contributed by atoms with Crippen LogP contribution in [0.3, 0.4) is 0 Å². The van der Waals surface area contributed by atoms with E-state index in [9.17, 15) is 0 Å². The van der Waals surface area contributed by atoms with Crippen LogP contribution in [0.5, 0.6) is 5.75 Å². The van der Waals surface area contributed by atoms with Crippen LogP contribution in [0.1, 0.15) is 23.1 Å². The number of rotatable bonds is 2. The van der Waals surface area contributed by atoms with E-state index in [0.717, 1.165) is 24.2 Å². The van der Waals surface area contributed by atoms with Gasteiger partial charge in [0.2, 0.25) is 0 Å². The first kappa shape index (κ1) is 13.6. The van der Waals surface area contributed by atoms with Crippen LogP contribution in [0.25, 0.3) is 11.6 Å². The number of benzene rings is 1. The van der Waals surface area contributed by atoms with Crippen molar-refractivity contribution in [1.82, 2.24) is 4.98 Å². The maximum atomic E-state index is 5.47. The van der Waals surface area contributed by atoms with Gasteiger partial charge in [0.05, 0.1) is 7.11 Å². The molecule has 1 aliphatic rings. The molecule has 0 spiro atoms. The fourth-order valence-corrected chi connectivity index (χ4v) is 2.52. The van der Waals surface area contributed by atoms with Gasteiger partial charge >= 0.3 is 0 Å². The number of nitrogens with zero attached hydrogens (tertiary/aromatic N) is 1. The summed E-state index contributed by atoms with van der Waals surface area (Å²) in [7, 11) is 1.73. The van der Waals surface area contributed by atoms with Gasteiger partial charge in [0, 0.05) is 18.0 Å². The number of hydrogen-bond donors (Lipinski definition) is 0. The largest absolute Gasteiger partial charge is 0.496 e. The minimum Gasteiger partial charge on any atom is -0.496 e. The summed E-state index contributed by atoms with van der Waals surface area (Å²) in [4.78, 5) is 4.15. The molecule has 19 heavy (non-hydrogen) atoms. The maximum Gasteiger partial charge on any atom is 0.126 e. The molecule has 0 saturated carbocycles. The van der Waals surface area contributed by atoms with Crippen LogP contribution in [0.4, 0.5) is 0 Å². The van der Waals surface area contributed by atoms with E-state index < -0.39 is 0 Å². The van der Waals surface area contributed by atoms with Crippen LogP contribution in [0.15, 0.2) is 42.7 Å². The summed E-state index contributed by atoms with van der Waals surface area (Å²) in [5, 5.41) is 0. The second-order valence-electron chi connectivity index (χ2n) is 4.45. The van der Waals surface area contributed by atoms with E-state index >= 15 is 0 Å². The molecule has 0 fully saturated rings. The SMILES string of the molecule is COc1cccc2c1/C(=C/c1cccnc1)CC2.Cl. The molecular formula is C16H16ClNO. The Balaban J connectivity index is 0.00000133. The second-order valence-corrected chi connectivity index (χ2v) is 4.45. The Hall–Kier alpha value is -1.80. The predicted octanol–water partition coefficient (Wildman–Crippen LogP) is 4.00. The summed E-state index contributed by atoms with van der Waals surface area (Å²) < 4.78 is 5.47. The smallest absolute Gasteiger partial charge is 0.126 e. The Morgan fingerprint density at radius 2 is 2.05 bits per heavy atom. The quantitative estimate of drug-likeness (QED) is 0.825. The van der Waals surface area contributed by atoms with Crippen LogP contribution in [-0.2, 0) is 6.42 Å². The normalized spacial score (nSPS) is 14.9. The van der Waals surface area contributed by atoms with Crippen molar-refractivity contribution < 1.29 is 4.74 Å². The zero-order chi connectivity index (χ0) is 12.4. The van der Waals surface area contributed by atoms with Gasteiger partial charge < -0.3 is 4.74 Å². The number of halogens is 1. The van der Waals surface area contributed by atoms with E-state index in [1.165, 1.54) is 16.7 Å². The number of aryl methyl sites for hydroxylation is 1. The molecule has 3 rings (SSSR count). The zero-order valence-corrected chi connectivity index (χ0v) is 11.6. The Labute approximate surface area is 119 Å². The third-order valence-electron chi connectivity index (χ3n) is 3.34. The average molecular weight is 274 g/mol. The van der Waals surface area contributed by atoms with Crippen LogP contribution >= 0.6 is 12.4 Å². The number of pyridine rings is 1. The molecule has 3 heteroatoms. The highest BCUT2D eigenvalue weighted by Crippen LogP contribution is 2.39. The number of aromatic nitrogens is 1. The van der Waals surface area contributed by atoms with Crippen LogP contribution in [0.2, 0.25) is 0 Å². The van der Waals surface area contributed by atoms with Crippen molar-refractivity contribution in [3.8, 4) is 5.75 Å². The first-order chi connectivity index (χ1) is 8.88. The molecule has 2 aromatic rings. The molecule has 1 aliphatic carbocycles. The van der Waals surface area contributed by atoms with Gasteiger partial charge in [0.25, 0.3) is 0 Å². The highest BCUT2D eigenvalue weighted by atomic mass is 35.5. The molecule has 0 amide bonds. The Kier molecular flexibility index (Phi) is 4.23. The Morgan fingerprint density at radius 1 is 1.16 bits per heavy atom.